The average Bonchev–Trinajstić information content (AvgIpc) is 2.61. The third-order valence-electron chi connectivity index (χ3n) is 3.65. The van der Waals surface area contributed by atoms with E-state index in [0.29, 0.717) is 5.56 Å². The number of ketones is 1. The predicted octanol–water partition coefficient (Wildman–Crippen LogP) is 2.01. The first-order chi connectivity index (χ1) is 11.8. The fourth-order valence-electron chi connectivity index (χ4n) is 2.03. The normalized spacial score (nSPS) is 11.1. The van der Waals surface area contributed by atoms with Gasteiger partial charge < -0.3 is 4.74 Å². The van der Waals surface area contributed by atoms with E-state index in [1.165, 1.54) is 12.1 Å². The molecule has 25 heavy (non-hydrogen) atoms. The van der Waals surface area contributed by atoms with Crippen molar-refractivity contribution in [3.63, 3.8) is 0 Å². The molecule has 0 aromatic heterocycles. The highest BCUT2D eigenvalue weighted by Crippen LogP contribution is 2.10. The summed E-state index contributed by atoms with van der Waals surface area (Å²) in [6.07, 6.45) is 0. The molecule has 0 heterocycles. The summed E-state index contributed by atoms with van der Waals surface area (Å²) in [6.45, 7) is 2.84. The quantitative estimate of drug-likeness (QED) is 0.602. The van der Waals surface area contributed by atoms with E-state index in [2.05, 4.69) is 4.72 Å². The van der Waals surface area contributed by atoms with Gasteiger partial charge in [0.25, 0.3) is 0 Å². The zero-order chi connectivity index (χ0) is 18.4. The first-order valence-electron chi connectivity index (χ1n) is 7.60. The van der Waals surface area contributed by atoms with Crippen molar-refractivity contribution < 1.29 is 22.7 Å². The monoisotopic (exact) mass is 361 g/mol. The molecule has 0 aliphatic carbocycles. The summed E-state index contributed by atoms with van der Waals surface area (Å²) in [4.78, 5) is 23.7. The molecule has 2 rings (SSSR count). The molecular weight excluding hydrogens is 342 g/mol. The molecule has 2 aromatic carbocycles. The van der Waals surface area contributed by atoms with Gasteiger partial charge in [-0.25, -0.2) is 8.42 Å². The Bertz CT molecular complexity index is 876. The zero-order valence-electron chi connectivity index (χ0n) is 14.0. The van der Waals surface area contributed by atoms with Crippen molar-refractivity contribution >= 4 is 21.8 Å². The smallest absolute Gasteiger partial charge is 0.321 e. The largest absolute Gasteiger partial charge is 0.456 e. The van der Waals surface area contributed by atoms with Crippen LogP contribution in [0, 0.1) is 13.8 Å². The van der Waals surface area contributed by atoms with Gasteiger partial charge in [0.05, 0.1) is 4.90 Å². The highest BCUT2D eigenvalue weighted by atomic mass is 32.2. The van der Waals surface area contributed by atoms with E-state index in [0.717, 1.165) is 11.1 Å². The van der Waals surface area contributed by atoms with E-state index in [-0.39, 0.29) is 10.7 Å². The summed E-state index contributed by atoms with van der Waals surface area (Å²) < 4.78 is 30.9. The lowest BCUT2D eigenvalue weighted by Crippen LogP contribution is -2.31. The maximum absolute atomic E-state index is 12.0. The van der Waals surface area contributed by atoms with Gasteiger partial charge in [0, 0.05) is 5.56 Å². The van der Waals surface area contributed by atoms with Gasteiger partial charge in [-0.15, -0.1) is 0 Å². The molecule has 0 fully saturated rings. The maximum atomic E-state index is 12.0. The lowest BCUT2D eigenvalue weighted by atomic mass is 10.0. The summed E-state index contributed by atoms with van der Waals surface area (Å²) in [7, 11) is -3.79. The molecule has 0 saturated carbocycles. The number of Topliss-reactive ketones (excluding diaryl/α,β-unsaturated/α-hetero) is 1. The number of ether oxygens (including phenoxy) is 1. The molecule has 7 heteroatoms. The Morgan fingerprint density at radius 2 is 1.68 bits per heavy atom. The molecule has 6 nitrogen and oxygen atoms in total. The van der Waals surface area contributed by atoms with Crippen LogP contribution in [0.15, 0.2) is 53.4 Å². The molecule has 0 aliphatic heterocycles. The van der Waals surface area contributed by atoms with Gasteiger partial charge in [0.2, 0.25) is 10.0 Å². The number of aryl methyl sites for hydroxylation is 2. The lowest BCUT2D eigenvalue weighted by Gasteiger charge is -2.08. The predicted molar refractivity (Wildman–Crippen MR) is 92.8 cm³/mol. The van der Waals surface area contributed by atoms with Gasteiger partial charge in [-0.1, -0.05) is 30.3 Å². The molecule has 0 aliphatic rings. The van der Waals surface area contributed by atoms with Crippen molar-refractivity contribution in [2.75, 3.05) is 13.2 Å². The number of hydrogen-bond acceptors (Lipinski definition) is 5. The Balaban J connectivity index is 1.86. The van der Waals surface area contributed by atoms with Crippen LogP contribution < -0.4 is 4.72 Å². The van der Waals surface area contributed by atoms with Crippen LogP contribution in [0.1, 0.15) is 21.5 Å². The Hall–Kier alpha value is -2.51. The van der Waals surface area contributed by atoms with Crippen molar-refractivity contribution in [1.29, 1.82) is 0 Å². The Morgan fingerprint density at radius 3 is 2.32 bits per heavy atom. The number of sulfonamides is 1. The minimum Gasteiger partial charge on any atom is -0.456 e. The van der Waals surface area contributed by atoms with E-state index in [1.807, 2.05) is 19.9 Å². The number of esters is 1. The second kappa shape index (κ2) is 8.04. The topological polar surface area (TPSA) is 89.5 Å². The lowest BCUT2D eigenvalue weighted by molar-refractivity contribution is -0.141. The maximum Gasteiger partial charge on any atom is 0.321 e. The van der Waals surface area contributed by atoms with Gasteiger partial charge >= 0.3 is 5.97 Å². The van der Waals surface area contributed by atoms with Crippen LogP contribution in [0.4, 0.5) is 0 Å². The Labute approximate surface area is 146 Å². The number of hydrogen-bond donors (Lipinski definition) is 1. The number of nitrogens with one attached hydrogen (secondary N) is 1. The van der Waals surface area contributed by atoms with Crippen molar-refractivity contribution in [2.45, 2.75) is 18.7 Å². The molecular formula is C18H19NO5S. The minimum atomic E-state index is -3.79. The molecule has 0 saturated heterocycles. The highest BCUT2D eigenvalue weighted by molar-refractivity contribution is 7.89. The van der Waals surface area contributed by atoms with Crippen LogP contribution in [0.3, 0.4) is 0 Å². The van der Waals surface area contributed by atoms with Crippen LogP contribution in [0.2, 0.25) is 0 Å². The van der Waals surface area contributed by atoms with Crippen molar-refractivity contribution in [2.24, 2.45) is 0 Å². The Morgan fingerprint density at radius 1 is 1.00 bits per heavy atom. The zero-order valence-corrected chi connectivity index (χ0v) is 14.8. The van der Waals surface area contributed by atoms with Crippen LogP contribution in [-0.2, 0) is 19.6 Å². The summed E-state index contributed by atoms with van der Waals surface area (Å²) in [6, 6.07) is 12.9. The van der Waals surface area contributed by atoms with Gasteiger partial charge in [-0.3, -0.25) is 9.59 Å². The first-order valence-corrected chi connectivity index (χ1v) is 9.09. The first kappa shape index (κ1) is 18.8. The third-order valence-corrected chi connectivity index (χ3v) is 5.07. The SMILES string of the molecule is Cc1ccc(C(=O)COC(=O)CNS(=O)(=O)c2ccccc2)cc1C. The summed E-state index contributed by atoms with van der Waals surface area (Å²) >= 11 is 0. The van der Waals surface area contributed by atoms with Crippen LogP contribution >= 0.6 is 0 Å². The van der Waals surface area contributed by atoms with Crippen molar-refractivity contribution in [3.8, 4) is 0 Å². The van der Waals surface area contributed by atoms with Gasteiger partial charge in [-0.05, 0) is 43.2 Å². The molecule has 132 valence electrons. The van der Waals surface area contributed by atoms with Crippen LogP contribution in [0.5, 0.6) is 0 Å². The molecule has 1 N–H and O–H groups in total. The second-order valence-corrected chi connectivity index (χ2v) is 7.29. The van der Waals surface area contributed by atoms with E-state index in [1.54, 1.807) is 30.3 Å². The third kappa shape index (κ3) is 5.23. The summed E-state index contributed by atoms with van der Waals surface area (Å²) in [5.41, 5.74) is 2.47. The highest BCUT2D eigenvalue weighted by Gasteiger charge is 2.16. The van der Waals surface area contributed by atoms with E-state index in [4.69, 9.17) is 4.74 Å². The van der Waals surface area contributed by atoms with Gasteiger partial charge in [0.1, 0.15) is 6.54 Å². The number of carbonyl (C=O) groups is 2. The minimum absolute atomic E-state index is 0.0500. The molecule has 0 atom stereocenters. The molecule has 0 bridgehead atoms. The van der Waals surface area contributed by atoms with Crippen molar-refractivity contribution in [1.82, 2.24) is 4.72 Å². The van der Waals surface area contributed by atoms with Gasteiger partial charge in [-0.2, -0.15) is 4.72 Å². The number of benzene rings is 2. The average molecular weight is 361 g/mol. The molecule has 0 spiro atoms. The fourth-order valence-corrected chi connectivity index (χ4v) is 3.02. The summed E-state index contributed by atoms with van der Waals surface area (Å²) in [5.74, 6) is -1.17. The van der Waals surface area contributed by atoms with Crippen LogP contribution in [0.25, 0.3) is 0 Å². The molecule has 0 amide bonds. The fraction of sp³-hybridized carbons (Fsp3) is 0.222. The van der Waals surface area contributed by atoms with E-state index in [9.17, 15) is 18.0 Å². The number of carbonyl (C=O) groups excluding carboxylic acids is 2. The van der Waals surface area contributed by atoms with Gasteiger partial charge in [0.15, 0.2) is 12.4 Å². The number of rotatable bonds is 7. The standard InChI is InChI=1S/C18H19NO5S/c1-13-8-9-15(10-14(13)2)17(20)12-24-18(21)11-19-25(22,23)16-6-4-3-5-7-16/h3-10,19H,11-12H2,1-2H3. The summed E-state index contributed by atoms with van der Waals surface area (Å²) in [5, 5.41) is 0. The van der Waals surface area contributed by atoms with E-state index < -0.39 is 29.1 Å². The second-order valence-electron chi connectivity index (χ2n) is 5.52. The van der Waals surface area contributed by atoms with Crippen LogP contribution in [-0.4, -0.2) is 33.3 Å². The van der Waals surface area contributed by atoms with E-state index >= 15 is 0 Å². The molecule has 0 unspecified atom stereocenters. The Kier molecular flexibility index (Phi) is 6.06. The molecule has 0 radical (unpaired) electrons. The van der Waals surface area contributed by atoms with Crippen molar-refractivity contribution in [3.05, 3.63) is 65.2 Å². The molecule has 2 aromatic rings.